The fourth-order valence-corrected chi connectivity index (χ4v) is 2.31. The molecule has 122 valence electrons. The Morgan fingerprint density at radius 1 is 1.00 bits per heavy atom. The van der Waals surface area contributed by atoms with E-state index in [0.717, 1.165) is 23.7 Å². The molecule has 0 unspecified atom stereocenters. The van der Waals surface area contributed by atoms with E-state index in [2.05, 4.69) is 25.6 Å². The maximum Gasteiger partial charge on any atom is 0.165 e. The van der Waals surface area contributed by atoms with E-state index in [1.54, 1.807) is 30.6 Å². The Bertz CT molecular complexity index is 808. The first-order valence-corrected chi connectivity index (χ1v) is 7.74. The number of rotatable bonds is 6. The zero-order valence-corrected chi connectivity index (χ0v) is 13.4. The number of phenolic OH excluding ortho intramolecular Hbond substituents is 1. The lowest BCUT2D eigenvalue weighted by molar-refractivity contribution is 0.477. The molecule has 0 saturated carbocycles. The van der Waals surface area contributed by atoms with Gasteiger partial charge in [-0.2, -0.15) is 0 Å². The van der Waals surface area contributed by atoms with E-state index in [-0.39, 0.29) is 5.75 Å². The van der Waals surface area contributed by atoms with Crippen molar-refractivity contribution in [1.82, 2.24) is 15.0 Å². The first-order chi connectivity index (χ1) is 11.7. The third kappa shape index (κ3) is 3.98. The molecule has 2 aromatic heterocycles. The van der Waals surface area contributed by atoms with Gasteiger partial charge in [-0.25, -0.2) is 9.97 Å². The summed E-state index contributed by atoms with van der Waals surface area (Å²) in [5.41, 5.74) is 2.44. The SMILES string of the molecule is Cc1cc(NCCNc2cccnc2)nc(-c2ccccc2O)n1. The van der Waals surface area contributed by atoms with Gasteiger partial charge in [0.2, 0.25) is 0 Å². The van der Waals surface area contributed by atoms with Crippen LogP contribution in [0.3, 0.4) is 0 Å². The summed E-state index contributed by atoms with van der Waals surface area (Å²) in [7, 11) is 0. The minimum Gasteiger partial charge on any atom is -0.507 e. The minimum atomic E-state index is 0.173. The van der Waals surface area contributed by atoms with Crippen LogP contribution < -0.4 is 10.6 Å². The van der Waals surface area contributed by atoms with Crippen LogP contribution in [0.2, 0.25) is 0 Å². The van der Waals surface area contributed by atoms with Crippen LogP contribution in [-0.2, 0) is 0 Å². The molecule has 0 radical (unpaired) electrons. The van der Waals surface area contributed by atoms with Gasteiger partial charge in [-0.15, -0.1) is 0 Å². The summed E-state index contributed by atoms with van der Waals surface area (Å²) in [5, 5.41) is 16.5. The van der Waals surface area contributed by atoms with Gasteiger partial charge in [0.15, 0.2) is 5.82 Å². The van der Waals surface area contributed by atoms with E-state index in [9.17, 15) is 5.11 Å². The van der Waals surface area contributed by atoms with Crippen LogP contribution in [0.1, 0.15) is 5.69 Å². The van der Waals surface area contributed by atoms with Crippen molar-refractivity contribution in [2.24, 2.45) is 0 Å². The van der Waals surface area contributed by atoms with Crippen molar-refractivity contribution in [3.05, 3.63) is 60.6 Å². The Hall–Kier alpha value is -3.15. The van der Waals surface area contributed by atoms with Gasteiger partial charge in [-0.1, -0.05) is 12.1 Å². The van der Waals surface area contributed by atoms with Crippen molar-refractivity contribution < 1.29 is 5.11 Å². The van der Waals surface area contributed by atoms with Crippen molar-refractivity contribution in [3.8, 4) is 17.1 Å². The highest BCUT2D eigenvalue weighted by Crippen LogP contribution is 2.26. The Balaban J connectivity index is 1.65. The molecule has 0 bridgehead atoms. The topological polar surface area (TPSA) is 83.0 Å². The average Bonchev–Trinajstić information content (AvgIpc) is 2.60. The second-order valence-corrected chi connectivity index (χ2v) is 5.33. The zero-order valence-electron chi connectivity index (χ0n) is 13.4. The van der Waals surface area contributed by atoms with Gasteiger partial charge in [0, 0.05) is 37.2 Å². The fraction of sp³-hybridized carbons (Fsp3) is 0.167. The van der Waals surface area contributed by atoms with Crippen LogP contribution in [0, 0.1) is 6.92 Å². The van der Waals surface area contributed by atoms with Gasteiger partial charge in [0.25, 0.3) is 0 Å². The van der Waals surface area contributed by atoms with E-state index >= 15 is 0 Å². The number of pyridine rings is 1. The Morgan fingerprint density at radius 2 is 1.83 bits per heavy atom. The van der Waals surface area contributed by atoms with E-state index in [4.69, 9.17) is 0 Å². The molecule has 0 saturated heterocycles. The van der Waals surface area contributed by atoms with Crippen molar-refractivity contribution in [3.63, 3.8) is 0 Å². The number of hydrogen-bond acceptors (Lipinski definition) is 6. The number of aromatic nitrogens is 3. The Kier molecular flexibility index (Phi) is 4.86. The molecule has 0 amide bonds. The van der Waals surface area contributed by atoms with Gasteiger partial charge in [0.1, 0.15) is 11.6 Å². The lowest BCUT2D eigenvalue weighted by Crippen LogP contribution is -2.15. The maximum atomic E-state index is 9.97. The lowest BCUT2D eigenvalue weighted by Gasteiger charge is -2.10. The predicted octanol–water partition coefficient (Wildman–Crippen LogP) is 3.08. The van der Waals surface area contributed by atoms with Crippen LogP contribution >= 0.6 is 0 Å². The van der Waals surface area contributed by atoms with Crippen LogP contribution in [0.15, 0.2) is 54.9 Å². The Morgan fingerprint density at radius 3 is 2.62 bits per heavy atom. The standard InChI is InChI=1S/C18H19N5O/c1-13-11-17(21-10-9-20-14-5-4-8-19-12-14)23-18(22-13)15-6-2-3-7-16(15)24/h2-8,11-12,20,24H,9-10H2,1H3,(H,21,22,23). The van der Waals surface area contributed by atoms with Gasteiger partial charge < -0.3 is 15.7 Å². The molecule has 3 aromatic rings. The second kappa shape index (κ2) is 7.41. The molecule has 24 heavy (non-hydrogen) atoms. The quantitative estimate of drug-likeness (QED) is 0.605. The molecule has 2 heterocycles. The molecule has 0 fully saturated rings. The summed E-state index contributed by atoms with van der Waals surface area (Å²) in [6.45, 7) is 3.34. The Labute approximate surface area is 140 Å². The molecule has 3 N–H and O–H groups in total. The largest absolute Gasteiger partial charge is 0.507 e. The highest BCUT2D eigenvalue weighted by Gasteiger charge is 2.08. The highest BCUT2D eigenvalue weighted by atomic mass is 16.3. The van der Waals surface area contributed by atoms with Gasteiger partial charge in [-0.05, 0) is 31.2 Å². The normalized spacial score (nSPS) is 10.4. The molecule has 3 rings (SSSR count). The van der Waals surface area contributed by atoms with Crippen molar-refractivity contribution in [2.75, 3.05) is 23.7 Å². The molecule has 0 spiro atoms. The molecule has 0 atom stereocenters. The predicted molar refractivity (Wildman–Crippen MR) is 95.1 cm³/mol. The monoisotopic (exact) mass is 321 g/mol. The summed E-state index contributed by atoms with van der Waals surface area (Å²) in [6, 6.07) is 12.8. The van der Waals surface area contributed by atoms with Crippen LogP contribution in [0.5, 0.6) is 5.75 Å². The molecule has 0 aliphatic rings. The smallest absolute Gasteiger partial charge is 0.165 e. The molecule has 0 aliphatic heterocycles. The maximum absolute atomic E-state index is 9.97. The number of hydrogen-bond donors (Lipinski definition) is 3. The van der Waals surface area contributed by atoms with Gasteiger partial charge in [-0.3, -0.25) is 4.98 Å². The summed E-state index contributed by atoms with van der Waals surface area (Å²) < 4.78 is 0. The molecule has 1 aromatic carbocycles. The van der Waals surface area contributed by atoms with E-state index in [1.165, 1.54) is 0 Å². The molecule has 6 heteroatoms. The number of nitrogens with zero attached hydrogens (tertiary/aromatic N) is 3. The number of anilines is 2. The van der Waals surface area contributed by atoms with E-state index in [1.807, 2.05) is 31.2 Å². The van der Waals surface area contributed by atoms with Crippen molar-refractivity contribution in [2.45, 2.75) is 6.92 Å². The highest BCUT2D eigenvalue weighted by molar-refractivity contribution is 5.64. The number of benzene rings is 1. The average molecular weight is 321 g/mol. The molecular formula is C18H19N5O. The number of phenols is 1. The van der Waals surface area contributed by atoms with Gasteiger partial charge >= 0.3 is 0 Å². The summed E-state index contributed by atoms with van der Waals surface area (Å²) in [5.74, 6) is 1.41. The van der Waals surface area contributed by atoms with Crippen LogP contribution in [0.25, 0.3) is 11.4 Å². The van der Waals surface area contributed by atoms with Crippen molar-refractivity contribution in [1.29, 1.82) is 0 Å². The van der Waals surface area contributed by atoms with E-state index in [0.29, 0.717) is 17.9 Å². The third-order valence-corrected chi connectivity index (χ3v) is 3.42. The zero-order chi connectivity index (χ0) is 16.8. The molecule has 0 aliphatic carbocycles. The van der Waals surface area contributed by atoms with Gasteiger partial charge in [0.05, 0.1) is 11.3 Å². The fourth-order valence-electron chi connectivity index (χ4n) is 2.31. The number of aromatic hydroxyl groups is 1. The summed E-state index contributed by atoms with van der Waals surface area (Å²) in [6.07, 6.45) is 3.53. The number of nitrogens with one attached hydrogen (secondary N) is 2. The molecule has 6 nitrogen and oxygen atoms in total. The molecular weight excluding hydrogens is 302 g/mol. The van der Waals surface area contributed by atoms with Crippen molar-refractivity contribution >= 4 is 11.5 Å². The first-order valence-electron chi connectivity index (χ1n) is 7.74. The minimum absolute atomic E-state index is 0.173. The second-order valence-electron chi connectivity index (χ2n) is 5.33. The lowest BCUT2D eigenvalue weighted by atomic mass is 10.2. The number of aryl methyl sites for hydroxylation is 1. The van der Waals surface area contributed by atoms with Crippen LogP contribution in [0.4, 0.5) is 11.5 Å². The summed E-state index contributed by atoms with van der Waals surface area (Å²) in [4.78, 5) is 13.0. The third-order valence-electron chi connectivity index (χ3n) is 3.42. The van der Waals surface area contributed by atoms with Crippen LogP contribution in [-0.4, -0.2) is 33.1 Å². The first kappa shape index (κ1) is 15.7. The van der Waals surface area contributed by atoms with E-state index < -0.39 is 0 Å². The number of para-hydroxylation sites is 1. The summed E-state index contributed by atoms with van der Waals surface area (Å²) >= 11 is 0.